The van der Waals surface area contributed by atoms with Crippen LogP contribution in [0.25, 0.3) is 0 Å². The number of aliphatic hydroxyl groups excluding tert-OH is 1. The first-order valence-electron chi connectivity index (χ1n) is 5.14. The summed E-state index contributed by atoms with van der Waals surface area (Å²) < 4.78 is 5.07. The number of aliphatic hydroxyl groups is 1. The minimum absolute atomic E-state index is 0.113. The van der Waals surface area contributed by atoms with Gasteiger partial charge in [-0.25, -0.2) is 0 Å². The molecule has 1 amide bonds. The lowest BCUT2D eigenvalue weighted by atomic mass is 10.1. The summed E-state index contributed by atoms with van der Waals surface area (Å²) in [5.41, 5.74) is 0.397. The van der Waals surface area contributed by atoms with Crippen LogP contribution >= 0.6 is 0 Å². The third kappa shape index (κ3) is 2.21. The standard InChI is InChI=1S/C11H15NO3/c1-8-6-9(7-15-8)10(14)12-11(2-3-11)4-5-13/h6-7,13H,2-5H2,1H3,(H,12,14). The van der Waals surface area contributed by atoms with Crippen LogP contribution in [0.1, 0.15) is 35.4 Å². The number of nitrogens with one attached hydrogen (secondary N) is 1. The SMILES string of the molecule is Cc1cc(C(=O)NC2(CCO)CC2)co1. The number of amides is 1. The zero-order valence-electron chi connectivity index (χ0n) is 8.75. The second kappa shape index (κ2) is 3.70. The van der Waals surface area contributed by atoms with Crippen molar-refractivity contribution in [1.29, 1.82) is 0 Å². The summed E-state index contributed by atoms with van der Waals surface area (Å²) in [6, 6.07) is 1.71. The summed E-state index contributed by atoms with van der Waals surface area (Å²) in [7, 11) is 0. The average Bonchev–Trinajstić information content (AvgIpc) is 2.77. The van der Waals surface area contributed by atoms with E-state index in [4.69, 9.17) is 9.52 Å². The zero-order valence-corrected chi connectivity index (χ0v) is 8.75. The molecule has 0 atom stereocenters. The second-order valence-corrected chi connectivity index (χ2v) is 4.15. The van der Waals surface area contributed by atoms with Gasteiger partial charge in [0.1, 0.15) is 12.0 Å². The van der Waals surface area contributed by atoms with Crippen LogP contribution in [0.4, 0.5) is 0 Å². The molecular formula is C11H15NO3. The van der Waals surface area contributed by atoms with Crippen LogP contribution in [0, 0.1) is 6.92 Å². The van der Waals surface area contributed by atoms with Gasteiger partial charge in [-0.2, -0.15) is 0 Å². The van der Waals surface area contributed by atoms with E-state index in [9.17, 15) is 4.79 Å². The minimum atomic E-state index is -0.156. The van der Waals surface area contributed by atoms with Crippen molar-refractivity contribution < 1.29 is 14.3 Å². The van der Waals surface area contributed by atoms with Crippen molar-refractivity contribution in [3.8, 4) is 0 Å². The van der Waals surface area contributed by atoms with Crippen molar-refractivity contribution in [3.05, 3.63) is 23.7 Å². The maximum atomic E-state index is 11.7. The van der Waals surface area contributed by atoms with Gasteiger partial charge in [0.25, 0.3) is 5.91 Å². The van der Waals surface area contributed by atoms with Gasteiger partial charge in [0.2, 0.25) is 0 Å². The normalized spacial score (nSPS) is 17.5. The first-order chi connectivity index (χ1) is 7.15. The molecular weight excluding hydrogens is 194 g/mol. The molecule has 1 fully saturated rings. The molecule has 1 aromatic heterocycles. The van der Waals surface area contributed by atoms with E-state index in [0.29, 0.717) is 12.0 Å². The lowest BCUT2D eigenvalue weighted by Gasteiger charge is -2.14. The average molecular weight is 209 g/mol. The Labute approximate surface area is 88.3 Å². The van der Waals surface area contributed by atoms with Gasteiger partial charge in [0.15, 0.2) is 0 Å². The van der Waals surface area contributed by atoms with Gasteiger partial charge in [0.05, 0.1) is 5.56 Å². The Balaban J connectivity index is 1.98. The molecule has 1 saturated carbocycles. The molecule has 4 nitrogen and oxygen atoms in total. The van der Waals surface area contributed by atoms with E-state index in [1.807, 2.05) is 0 Å². The van der Waals surface area contributed by atoms with E-state index >= 15 is 0 Å². The molecule has 0 bridgehead atoms. The Morgan fingerprint density at radius 3 is 2.87 bits per heavy atom. The van der Waals surface area contributed by atoms with Crippen LogP contribution in [0.3, 0.4) is 0 Å². The van der Waals surface area contributed by atoms with Crippen LogP contribution in [0.15, 0.2) is 16.7 Å². The Bertz CT molecular complexity index is 366. The molecule has 0 aliphatic heterocycles. The van der Waals surface area contributed by atoms with Crippen molar-refractivity contribution in [1.82, 2.24) is 5.32 Å². The van der Waals surface area contributed by atoms with Gasteiger partial charge in [0, 0.05) is 12.1 Å². The van der Waals surface area contributed by atoms with Crippen molar-refractivity contribution >= 4 is 5.91 Å². The summed E-state index contributed by atoms with van der Waals surface area (Å²) in [4.78, 5) is 11.7. The number of hydrogen-bond donors (Lipinski definition) is 2. The topological polar surface area (TPSA) is 62.5 Å². The lowest BCUT2D eigenvalue weighted by molar-refractivity contribution is 0.0923. The first kappa shape index (κ1) is 10.2. The molecule has 0 unspecified atom stereocenters. The maximum absolute atomic E-state index is 11.7. The Morgan fingerprint density at radius 2 is 2.40 bits per heavy atom. The highest BCUT2D eigenvalue weighted by Gasteiger charge is 2.43. The third-order valence-electron chi connectivity index (χ3n) is 2.82. The summed E-state index contributed by atoms with van der Waals surface area (Å²) in [5, 5.41) is 11.8. The van der Waals surface area contributed by atoms with Gasteiger partial charge in [-0.1, -0.05) is 0 Å². The number of carbonyl (C=O) groups is 1. The summed E-state index contributed by atoms with van der Waals surface area (Å²) in [6.07, 6.45) is 4.00. The Hall–Kier alpha value is -1.29. The molecule has 0 saturated heterocycles. The maximum Gasteiger partial charge on any atom is 0.254 e. The minimum Gasteiger partial charge on any atom is -0.469 e. The molecule has 2 N–H and O–H groups in total. The largest absolute Gasteiger partial charge is 0.469 e. The van der Waals surface area contributed by atoms with Crippen molar-refractivity contribution in [2.24, 2.45) is 0 Å². The van der Waals surface area contributed by atoms with Gasteiger partial charge >= 0.3 is 0 Å². The molecule has 82 valence electrons. The van der Waals surface area contributed by atoms with Crippen LogP contribution in [-0.2, 0) is 0 Å². The zero-order chi connectivity index (χ0) is 10.9. The third-order valence-corrected chi connectivity index (χ3v) is 2.82. The van der Waals surface area contributed by atoms with Crippen LogP contribution in [-0.4, -0.2) is 23.2 Å². The van der Waals surface area contributed by atoms with E-state index in [0.717, 1.165) is 18.6 Å². The molecule has 1 heterocycles. The molecule has 15 heavy (non-hydrogen) atoms. The van der Waals surface area contributed by atoms with Gasteiger partial charge in [-0.15, -0.1) is 0 Å². The molecule has 1 aliphatic rings. The molecule has 1 aliphatic carbocycles. The molecule has 0 spiro atoms. The highest BCUT2D eigenvalue weighted by molar-refractivity contribution is 5.94. The Morgan fingerprint density at radius 1 is 1.67 bits per heavy atom. The monoisotopic (exact) mass is 209 g/mol. The van der Waals surface area contributed by atoms with E-state index in [1.165, 1.54) is 6.26 Å². The molecule has 0 radical (unpaired) electrons. The number of aryl methyl sites for hydroxylation is 1. The highest BCUT2D eigenvalue weighted by Crippen LogP contribution is 2.38. The predicted molar refractivity (Wildman–Crippen MR) is 54.6 cm³/mol. The fourth-order valence-corrected chi connectivity index (χ4v) is 1.68. The number of carbonyl (C=O) groups excluding carboxylic acids is 1. The van der Waals surface area contributed by atoms with E-state index in [1.54, 1.807) is 13.0 Å². The summed E-state index contributed by atoms with van der Waals surface area (Å²) >= 11 is 0. The van der Waals surface area contributed by atoms with Gasteiger partial charge in [-0.05, 0) is 32.3 Å². The van der Waals surface area contributed by atoms with E-state index in [-0.39, 0.29) is 18.1 Å². The number of hydrogen-bond acceptors (Lipinski definition) is 3. The molecule has 2 rings (SSSR count). The Kier molecular flexibility index (Phi) is 2.52. The lowest BCUT2D eigenvalue weighted by Crippen LogP contribution is -2.37. The fraction of sp³-hybridized carbons (Fsp3) is 0.545. The van der Waals surface area contributed by atoms with Crippen molar-refractivity contribution in [2.45, 2.75) is 31.7 Å². The quantitative estimate of drug-likeness (QED) is 0.784. The summed E-state index contributed by atoms with van der Waals surface area (Å²) in [6.45, 7) is 1.92. The molecule has 4 heteroatoms. The second-order valence-electron chi connectivity index (χ2n) is 4.15. The predicted octanol–water partition coefficient (Wildman–Crippen LogP) is 1.23. The van der Waals surface area contributed by atoms with Crippen LogP contribution in [0.2, 0.25) is 0 Å². The van der Waals surface area contributed by atoms with Gasteiger partial charge < -0.3 is 14.8 Å². The first-order valence-corrected chi connectivity index (χ1v) is 5.14. The van der Waals surface area contributed by atoms with Crippen molar-refractivity contribution in [3.63, 3.8) is 0 Å². The van der Waals surface area contributed by atoms with Crippen molar-refractivity contribution in [2.75, 3.05) is 6.61 Å². The molecule has 0 aromatic carbocycles. The van der Waals surface area contributed by atoms with Gasteiger partial charge in [-0.3, -0.25) is 4.79 Å². The van der Waals surface area contributed by atoms with E-state index in [2.05, 4.69) is 5.32 Å². The molecule has 1 aromatic rings. The highest BCUT2D eigenvalue weighted by atomic mass is 16.3. The smallest absolute Gasteiger partial charge is 0.254 e. The number of furan rings is 1. The van der Waals surface area contributed by atoms with E-state index < -0.39 is 0 Å². The van der Waals surface area contributed by atoms with Crippen LogP contribution < -0.4 is 5.32 Å². The number of rotatable bonds is 4. The van der Waals surface area contributed by atoms with Crippen LogP contribution in [0.5, 0.6) is 0 Å². The fourth-order valence-electron chi connectivity index (χ4n) is 1.68. The summed E-state index contributed by atoms with van der Waals surface area (Å²) in [5.74, 6) is 0.616.